The first-order chi connectivity index (χ1) is 8.56. The molecule has 1 atom stereocenters. The predicted octanol–water partition coefficient (Wildman–Crippen LogP) is 2.04. The molecule has 0 radical (unpaired) electrons. The molecule has 0 aromatic heterocycles. The molecule has 1 rings (SSSR count). The van der Waals surface area contributed by atoms with Crippen LogP contribution in [0.5, 0.6) is 11.5 Å². The molecular weight excluding hydrogens is 236 g/mol. The minimum atomic E-state index is -0.889. The van der Waals surface area contributed by atoms with Crippen LogP contribution >= 0.6 is 0 Å². The Labute approximate surface area is 106 Å². The maximum atomic E-state index is 11.1. The Morgan fingerprint density at radius 2 is 1.94 bits per heavy atom. The highest BCUT2D eigenvalue weighted by atomic mass is 16.5. The maximum absolute atomic E-state index is 11.1. The Kier molecular flexibility index (Phi) is 4.97. The summed E-state index contributed by atoms with van der Waals surface area (Å²) in [7, 11) is 4.61. The molecule has 0 aliphatic carbocycles. The summed E-state index contributed by atoms with van der Waals surface area (Å²) in [5.41, 5.74) is 1.37. The molecule has 1 aromatic carbocycles. The smallest absolute Gasteiger partial charge is 0.310 e. The topological polar surface area (TPSA) is 65.0 Å². The molecule has 0 aliphatic rings. The average Bonchev–Trinajstić information content (AvgIpc) is 2.37. The fourth-order valence-electron chi connectivity index (χ4n) is 1.84. The van der Waals surface area contributed by atoms with Gasteiger partial charge in [-0.1, -0.05) is 6.07 Å². The van der Waals surface area contributed by atoms with Crippen molar-refractivity contribution in [3.63, 3.8) is 0 Å². The van der Waals surface area contributed by atoms with E-state index in [0.29, 0.717) is 22.6 Å². The zero-order chi connectivity index (χ0) is 13.7. The summed E-state index contributed by atoms with van der Waals surface area (Å²) in [6.07, 6.45) is 0. The lowest BCUT2D eigenvalue weighted by atomic mass is 9.95. The molecule has 0 bridgehead atoms. The van der Waals surface area contributed by atoms with Gasteiger partial charge in [-0.15, -0.1) is 0 Å². The molecule has 0 heterocycles. The third-order valence-electron chi connectivity index (χ3n) is 2.81. The van der Waals surface area contributed by atoms with Crippen molar-refractivity contribution in [2.75, 3.05) is 21.3 Å². The van der Waals surface area contributed by atoms with Crippen molar-refractivity contribution in [1.29, 1.82) is 0 Å². The maximum Gasteiger partial charge on any atom is 0.310 e. The van der Waals surface area contributed by atoms with Crippen molar-refractivity contribution < 1.29 is 24.1 Å². The van der Waals surface area contributed by atoms with Crippen LogP contribution in [0.15, 0.2) is 12.1 Å². The van der Waals surface area contributed by atoms with Gasteiger partial charge in [-0.2, -0.15) is 0 Å². The van der Waals surface area contributed by atoms with Crippen LogP contribution in [0.2, 0.25) is 0 Å². The molecule has 0 amide bonds. The van der Waals surface area contributed by atoms with E-state index < -0.39 is 11.9 Å². The minimum absolute atomic E-state index is 0.271. The summed E-state index contributed by atoms with van der Waals surface area (Å²) in [6.45, 7) is 1.90. The number of carboxylic acid groups (broad SMARTS) is 1. The van der Waals surface area contributed by atoms with E-state index in [1.807, 2.05) is 0 Å². The van der Waals surface area contributed by atoms with E-state index in [1.54, 1.807) is 26.2 Å². The van der Waals surface area contributed by atoms with Gasteiger partial charge in [0.05, 0.1) is 26.7 Å². The van der Waals surface area contributed by atoms with Gasteiger partial charge in [0.2, 0.25) is 0 Å². The fraction of sp³-hybridized carbons (Fsp3) is 0.462. The first kappa shape index (κ1) is 14.3. The summed E-state index contributed by atoms with van der Waals surface area (Å²) in [4.78, 5) is 11.1. The number of hydrogen-bond donors (Lipinski definition) is 1. The molecular formula is C13H18O5. The molecule has 5 nitrogen and oxygen atoms in total. The summed E-state index contributed by atoms with van der Waals surface area (Å²) in [5.74, 6) is -0.439. The summed E-state index contributed by atoms with van der Waals surface area (Å²) in [5, 5.41) is 9.11. The number of methoxy groups -OCH3 is 3. The average molecular weight is 254 g/mol. The highest BCUT2D eigenvalue weighted by molar-refractivity contribution is 5.77. The molecule has 0 spiro atoms. The molecule has 18 heavy (non-hydrogen) atoms. The zero-order valence-electron chi connectivity index (χ0n) is 11.0. The molecule has 0 fully saturated rings. The lowest BCUT2D eigenvalue weighted by molar-refractivity contribution is -0.138. The van der Waals surface area contributed by atoms with Crippen LogP contribution in [0.4, 0.5) is 0 Å². The van der Waals surface area contributed by atoms with Crippen LogP contribution in [-0.2, 0) is 16.1 Å². The van der Waals surface area contributed by atoms with Gasteiger partial charge in [-0.25, -0.2) is 0 Å². The largest absolute Gasteiger partial charge is 0.493 e. The Bertz CT molecular complexity index is 428. The Morgan fingerprint density at radius 3 is 2.39 bits per heavy atom. The van der Waals surface area contributed by atoms with Gasteiger partial charge in [-0.3, -0.25) is 4.79 Å². The number of benzene rings is 1. The number of ether oxygens (including phenoxy) is 3. The first-order valence-corrected chi connectivity index (χ1v) is 5.52. The normalized spacial score (nSPS) is 12.0. The molecule has 100 valence electrons. The Hall–Kier alpha value is -1.75. The Balaban J connectivity index is 3.38. The van der Waals surface area contributed by atoms with E-state index in [4.69, 9.17) is 19.3 Å². The van der Waals surface area contributed by atoms with Gasteiger partial charge < -0.3 is 19.3 Å². The molecule has 5 heteroatoms. The van der Waals surface area contributed by atoms with E-state index in [1.165, 1.54) is 14.2 Å². The standard InChI is InChI=1S/C13H18O5/c1-8(13(14)15)9-5-6-11(17-3)12(18-4)10(9)7-16-2/h5-6,8H,7H2,1-4H3,(H,14,15). The van der Waals surface area contributed by atoms with Gasteiger partial charge in [0.1, 0.15) is 0 Å². The van der Waals surface area contributed by atoms with Crippen LogP contribution in [0, 0.1) is 0 Å². The molecule has 0 saturated carbocycles. The first-order valence-electron chi connectivity index (χ1n) is 5.52. The number of hydrogen-bond acceptors (Lipinski definition) is 4. The second kappa shape index (κ2) is 6.26. The van der Waals surface area contributed by atoms with Crippen LogP contribution in [0.1, 0.15) is 24.0 Å². The number of aliphatic carboxylic acids is 1. The second-order valence-corrected chi connectivity index (χ2v) is 3.86. The van der Waals surface area contributed by atoms with Crippen LogP contribution in [0.3, 0.4) is 0 Å². The SMILES string of the molecule is COCc1c(C(C)C(=O)O)ccc(OC)c1OC. The molecule has 1 unspecified atom stereocenters. The number of carbonyl (C=O) groups is 1. The van der Waals surface area contributed by atoms with Gasteiger partial charge in [0, 0.05) is 12.7 Å². The summed E-state index contributed by atoms with van der Waals surface area (Å²) in [6, 6.07) is 3.43. The van der Waals surface area contributed by atoms with Crippen molar-refractivity contribution >= 4 is 5.97 Å². The van der Waals surface area contributed by atoms with Crippen LogP contribution in [-0.4, -0.2) is 32.4 Å². The minimum Gasteiger partial charge on any atom is -0.493 e. The van der Waals surface area contributed by atoms with E-state index in [9.17, 15) is 4.79 Å². The highest BCUT2D eigenvalue weighted by Gasteiger charge is 2.22. The molecule has 0 aliphatic heterocycles. The lowest BCUT2D eigenvalue weighted by Gasteiger charge is -2.18. The quantitative estimate of drug-likeness (QED) is 0.841. The summed E-state index contributed by atoms with van der Waals surface area (Å²) < 4.78 is 15.6. The van der Waals surface area contributed by atoms with Gasteiger partial charge in [0.15, 0.2) is 11.5 Å². The zero-order valence-corrected chi connectivity index (χ0v) is 11.0. The third-order valence-corrected chi connectivity index (χ3v) is 2.81. The van der Waals surface area contributed by atoms with Crippen molar-refractivity contribution in [3.8, 4) is 11.5 Å². The van der Waals surface area contributed by atoms with Crippen molar-refractivity contribution in [2.24, 2.45) is 0 Å². The van der Waals surface area contributed by atoms with Gasteiger partial charge >= 0.3 is 5.97 Å². The van der Waals surface area contributed by atoms with Gasteiger partial charge in [0.25, 0.3) is 0 Å². The van der Waals surface area contributed by atoms with Crippen LogP contribution < -0.4 is 9.47 Å². The van der Waals surface area contributed by atoms with E-state index in [2.05, 4.69) is 0 Å². The number of rotatable bonds is 6. The predicted molar refractivity (Wildman–Crippen MR) is 66.3 cm³/mol. The van der Waals surface area contributed by atoms with Crippen LogP contribution in [0.25, 0.3) is 0 Å². The van der Waals surface area contributed by atoms with Gasteiger partial charge in [-0.05, 0) is 18.6 Å². The molecule has 0 saturated heterocycles. The van der Waals surface area contributed by atoms with E-state index in [-0.39, 0.29) is 6.61 Å². The molecule has 1 aromatic rings. The third kappa shape index (κ3) is 2.73. The monoisotopic (exact) mass is 254 g/mol. The Morgan fingerprint density at radius 1 is 1.28 bits per heavy atom. The van der Waals surface area contributed by atoms with E-state index in [0.717, 1.165) is 0 Å². The fourth-order valence-corrected chi connectivity index (χ4v) is 1.84. The lowest BCUT2D eigenvalue weighted by Crippen LogP contribution is -2.12. The second-order valence-electron chi connectivity index (χ2n) is 3.86. The molecule has 1 N–H and O–H groups in total. The van der Waals surface area contributed by atoms with Crippen molar-refractivity contribution in [3.05, 3.63) is 23.3 Å². The summed E-state index contributed by atoms with van der Waals surface area (Å²) >= 11 is 0. The van der Waals surface area contributed by atoms with Crippen molar-refractivity contribution in [1.82, 2.24) is 0 Å². The number of carboxylic acids is 1. The van der Waals surface area contributed by atoms with Crippen molar-refractivity contribution in [2.45, 2.75) is 19.4 Å². The van der Waals surface area contributed by atoms with E-state index >= 15 is 0 Å². The highest BCUT2D eigenvalue weighted by Crippen LogP contribution is 2.36.